The van der Waals surface area contributed by atoms with E-state index in [1.807, 2.05) is 0 Å². The van der Waals surface area contributed by atoms with Gasteiger partial charge in [0.05, 0.1) is 6.61 Å². The third kappa shape index (κ3) is 6.84. The van der Waals surface area contributed by atoms with E-state index in [1.165, 1.54) is 0 Å². The molecule has 0 spiro atoms. The highest BCUT2D eigenvalue weighted by Crippen LogP contribution is 2.14. The first kappa shape index (κ1) is 21.7. The molecular formula is C14H21NO9. The second-order valence-electron chi connectivity index (χ2n) is 4.99. The Labute approximate surface area is 138 Å². The number of esters is 2. The fourth-order valence-corrected chi connectivity index (χ4v) is 1.90. The first-order valence-corrected chi connectivity index (χ1v) is 6.96. The van der Waals surface area contributed by atoms with Crippen molar-refractivity contribution in [3.05, 3.63) is 0 Å². The Morgan fingerprint density at radius 1 is 0.958 bits per heavy atom. The van der Waals surface area contributed by atoms with Crippen LogP contribution in [-0.4, -0.2) is 70.6 Å². The summed E-state index contributed by atoms with van der Waals surface area (Å²) in [6.07, 6.45) is -5.16. The van der Waals surface area contributed by atoms with Crippen LogP contribution in [0.4, 0.5) is 0 Å². The van der Waals surface area contributed by atoms with Crippen molar-refractivity contribution in [2.45, 2.75) is 52.0 Å². The molecular weight excluding hydrogens is 326 g/mol. The predicted molar refractivity (Wildman–Crippen MR) is 77.5 cm³/mol. The molecule has 0 aromatic carbocycles. The molecule has 24 heavy (non-hydrogen) atoms. The minimum Gasteiger partial charge on any atom is -0.457 e. The van der Waals surface area contributed by atoms with E-state index in [9.17, 15) is 34.2 Å². The van der Waals surface area contributed by atoms with E-state index in [-0.39, 0.29) is 0 Å². The molecule has 0 fully saturated rings. The first-order chi connectivity index (χ1) is 11.0. The lowest BCUT2D eigenvalue weighted by Crippen LogP contribution is -2.59. The van der Waals surface area contributed by atoms with E-state index in [4.69, 9.17) is 4.74 Å². The summed E-state index contributed by atoms with van der Waals surface area (Å²) in [5, 5.41) is 21.6. The number of amides is 1. The summed E-state index contributed by atoms with van der Waals surface area (Å²) in [7, 11) is 0. The number of carbonyl (C=O) groups is 5. The topological polar surface area (TPSA) is 156 Å². The molecule has 0 saturated carbocycles. The molecule has 0 aromatic rings. The Kier molecular flexibility index (Phi) is 8.78. The van der Waals surface area contributed by atoms with Gasteiger partial charge in [-0.3, -0.25) is 24.0 Å². The minimum absolute atomic E-state index is 0.730. The van der Waals surface area contributed by atoms with Crippen LogP contribution in [0.3, 0.4) is 0 Å². The SMILES string of the molecule is CC(=O)N[C@@H](C(=O)C(C)=O)[C@@H](OC(C)=O)[C@H](O)[C@@H](CO)OC(C)=O. The van der Waals surface area contributed by atoms with Crippen LogP contribution >= 0.6 is 0 Å². The number of hydrogen-bond acceptors (Lipinski definition) is 9. The predicted octanol–water partition coefficient (Wildman–Crippen LogP) is -2.13. The zero-order valence-corrected chi connectivity index (χ0v) is 13.8. The zero-order chi connectivity index (χ0) is 19.0. The van der Waals surface area contributed by atoms with Crippen LogP contribution < -0.4 is 5.32 Å². The molecule has 0 saturated heterocycles. The van der Waals surface area contributed by atoms with Gasteiger partial charge in [-0.25, -0.2) is 0 Å². The number of Topliss-reactive ketones (excluding diaryl/α,β-unsaturated/α-hetero) is 2. The highest BCUT2D eigenvalue weighted by atomic mass is 16.6. The highest BCUT2D eigenvalue weighted by Gasteiger charge is 2.42. The monoisotopic (exact) mass is 347 g/mol. The molecule has 0 aliphatic rings. The summed E-state index contributed by atoms with van der Waals surface area (Å²) in [6.45, 7) is 3.13. The molecule has 10 heteroatoms. The maximum absolute atomic E-state index is 12.0. The minimum atomic E-state index is -1.87. The van der Waals surface area contributed by atoms with Gasteiger partial charge in [-0.1, -0.05) is 0 Å². The molecule has 0 bridgehead atoms. The van der Waals surface area contributed by atoms with E-state index in [0.717, 1.165) is 27.7 Å². The maximum Gasteiger partial charge on any atom is 0.303 e. The lowest BCUT2D eigenvalue weighted by molar-refractivity contribution is -0.175. The lowest BCUT2D eigenvalue weighted by atomic mass is 9.95. The molecule has 0 aliphatic carbocycles. The van der Waals surface area contributed by atoms with Gasteiger partial charge < -0.3 is 25.0 Å². The fraction of sp³-hybridized carbons (Fsp3) is 0.643. The van der Waals surface area contributed by atoms with Gasteiger partial charge in [0.25, 0.3) is 0 Å². The van der Waals surface area contributed by atoms with Gasteiger partial charge in [-0.05, 0) is 0 Å². The van der Waals surface area contributed by atoms with Crippen molar-refractivity contribution in [2.24, 2.45) is 0 Å². The van der Waals surface area contributed by atoms with Crippen molar-refractivity contribution in [3.63, 3.8) is 0 Å². The molecule has 0 aromatic heterocycles. The molecule has 0 aliphatic heterocycles. The van der Waals surface area contributed by atoms with Gasteiger partial charge in [0.15, 0.2) is 18.0 Å². The Balaban J connectivity index is 5.75. The van der Waals surface area contributed by atoms with Gasteiger partial charge in [0, 0.05) is 27.7 Å². The molecule has 1 amide bonds. The molecule has 0 heterocycles. The fourth-order valence-electron chi connectivity index (χ4n) is 1.90. The third-order valence-electron chi connectivity index (χ3n) is 2.83. The second kappa shape index (κ2) is 9.73. The Morgan fingerprint density at radius 2 is 1.46 bits per heavy atom. The largest absolute Gasteiger partial charge is 0.457 e. The Bertz CT molecular complexity index is 516. The van der Waals surface area contributed by atoms with E-state index in [2.05, 4.69) is 10.1 Å². The van der Waals surface area contributed by atoms with Crippen molar-refractivity contribution in [2.75, 3.05) is 6.61 Å². The summed E-state index contributed by atoms with van der Waals surface area (Å²) in [4.78, 5) is 56.9. The number of aliphatic hydroxyl groups excluding tert-OH is 2. The molecule has 0 unspecified atom stereocenters. The number of nitrogens with one attached hydrogen (secondary N) is 1. The van der Waals surface area contributed by atoms with Gasteiger partial charge in [0.1, 0.15) is 12.1 Å². The highest BCUT2D eigenvalue weighted by molar-refractivity contribution is 6.38. The normalized spacial score (nSPS) is 15.4. The van der Waals surface area contributed by atoms with Crippen molar-refractivity contribution in [1.29, 1.82) is 0 Å². The standard InChI is InChI=1S/C14H21NO9/c1-6(17)12(21)11(15-7(2)18)14(24-9(4)20)13(22)10(5-16)23-8(3)19/h10-11,13-14,16,22H,5H2,1-4H3,(H,15,18)/t10-,11+,13-,14-/m1/s1. The van der Waals surface area contributed by atoms with Crippen molar-refractivity contribution >= 4 is 29.4 Å². The van der Waals surface area contributed by atoms with Crippen LogP contribution in [0.25, 0.3) is 0 Å². The van der Waals surface area contributed by atoms with Gasteiger partial charge in [-0.2, -0.15) is 0 Å². The Morgan fingerprint density at radius 3 is 1.79 bits per heavy atom. The van der Waals surface area contributed by atoms with Crippen LogP contribution in [0.15, 0.2) is 0 Å². The average Bonchev–Trinajstić information content (AvgIpc) is 2.45. The molecule has 10 nitrogen and oxygen atoms in total. The van der Waals surface area contributed by atoms with Crippen molar-refractivity contribution in [3.8, 4) is 0 Å². The molecule has 0 radical (unpaired) electrons. The van der Waals surface area contributed by atoms with Crippen LogP contribution in [0, 0.1) is 0 Å². The van der Waals surface area contributed by atoms with Crippen molar-refractivity contribution < 1.29 is 43.7 Å². The molecule has 136 valence electrons. The lowest BCUT2D eigenvalue weighted by Gasteiger charge is -2.32. The first-order valence-electron chi connectivity index (χ1n) is 6.96. The number of rotatable bonds is 9. The van der Waals surface area contributed by atoms with Crippen LogP contribution in [-0.2, 0) is 33.4 Å². The van der Waals surface area contributed by atoms with Gasteiger partial charge in [-0.15, -0.1) is 0 Å². The van der Waals surface area contributed by atoms with Crippen LogP contribution in [0.1, 0.15) is 27.7 Å². The number of aliphatic hydroxyl groups is 2. The van der Waals surface area contributed by atoms with Gasteiger partial charge >= 0.3 is 11.9 Å². The number of ketones is 2. The quantitative estimate of drug-likeness (QED) is 0.313. The van der Waals surface area contributed by atoms with Crippen LogP contribution in [0.2, 0.25) is 0 Å². The number of hydrogen-bond donors (Lipinski definition) is 3. The summed E-state index contributed by atoms with van der Waals surface area (Å²) in [5.41, 5.74) is 0. The van der Waals surface area contributed by atoms with Crippen molar-refractivity contribution in [1.82, 2.24) is 5.32 Å². The summed E-state index contributed by atoms with van der Waals surface area (Å²) in [5.74, 6) is -4.58. The molecule has 4 atom stereocenters. The van der Waals surface area contributed by atoms with E-state index in [0.29, 0.717) is 0 Å². The maximum atomic E-state index is 12.0. The summed E-state index contributed by atoms with van der Waals surface area (Å²) in [6, 6.07) is -1.71. The van der Waals surface area contributed by atoms with E-state index < -0.39 is 60.4 Å². The average molecular weight is 347 g/mol. The number of ether oxygens (including phenoxy) is 2. The summed E-state index contributed by atoms with van der Waals surface area (Å²) >= 11 is 0. The third-order valence-corrected chi connectivity index (χ3v) is 2.83. The van der Waals surface area contributed by atoms with E-state index >= 15 is 0 Å². The second-order valence-corrected chi connectivity index (χ2v) is 4.99. The smallest absolute Gasteiger partial charge is 0.303 e. The molecule has 3 N–H and O–H groups in total. The molecule has 0 rings (SSSR count). The van der Waals surface area contributed by atoms with Gasteiger partial charge in [0.2, 0.25) is 11.7 Å². The van der Waals surface area contributed by atoms with E-state index in [1.54, 1.807) is 0 Å². The van der Waals surface area contributed by atoms with Crippen LogP contribution in [0.5, 0.6) is 0 Å². The number of carbonyl (C=O) groups excluding carboxylic acids is 5. The zero-order valence-electron chi connectivity index (χ0n) is 13.8. The summed E-state index contributed by atoms with van der Waals surface area (Å²) < 4.78 is 9.51. The Hall–Kier alpha value is -2.33.